The maximum atomic E-state index is 14.1. The molecule has 9 heteroatoms. The fourth-order valence-electron chi connectivity index (χ4n) is 3.19. The van der Waals surface area contributed by atoms with E-state index in [-0.39, 0.29) is 18.0 Å². The Balaban J connectivity index is 1.45. The summed E-state index contributed by atoms with van der Waals surface area (Å²) in [6.07, 6.45) is 1.24. The summed E-state index contributed by atoms with van der Waals surface area (Å²) in [5.74, 6) is -0.912. The summed E-state index contributed by atoms with van der Waals surface area (Å²) in [6.45, 7) is 5.14. The van der Waals surface area contributed by atoms with Gasteiger partial charge in [-0.15, -0.1) is 11.3 Å². The van der Waals surface area contributed by atoms with Crippen LogP contribution in [0.15, 0.2) is 60.1 Å². The Bertz CT molecular complexity index is 1310. The first-order valence-electron chi connectivity index (χ1n) is 10.3. The topological polar surface area (TPSA) is 84.7 Å². The van der Waals surface area contributed by atoms with E-state index in [4.69, 9.17) is 4.74 Å². The average Bonchev–Trinajstić information content (AvgIpc) is 3.32. The highest BCUT2D eigenvalue weighted by molar-refractivity contribution is 7.15. The number of carbonyl (C=O) groups is 2. The van der Waals surface area contributed by atoms with Gasteiger partial charge in [-0.3, -0.25) is 14.5 Å². The normalized spacial score (nSPS) is 11.4. The summed E-state index contributed by atoms with van der Waals surface area (Å²) in [6, 6.07) is 13.8. The number of carbonyl (C=O) groups excluding carboxylic acids is 2. The van der Waals surface area contributed by atoms with Gasteiger partial charge in [0.1, 0.15) is 11.4 Å². The lowest BCUT2D eigenvalue weighted by Gasteiger charge is -2.20. The standard InChI is InChI=1S/C24H23FN4O3S/c1-24(2,3)32-23(31)28-19-11-16(9-10-18(19)25)26-21(30)12-17-14-33-22-27-20(13-29(17)22)15-7-5-4-6-8-15/h4-11,13-14H,12H2,1-3H3,(H,26,30)(H,28,31). The highest BCUT2D eigenvalue weighted by Gasteiger charge is 2.18. The maximum Gasteiger partial charge on any atom is 0.412 e. The molecule has 0 aliphatic carbocycles. The molecule has 0 aliphatic rings. The molecule has 0 saturated carbocycles. The number of nitrogens with zero attached hydrogens (tertiary/aromatic N) is 2. The molecule has 2 heterocycles. The molecule has 0 spiro atoms. The molecule has 0 aliphatic heterocycles. The van der Waals surface area contributed by atoms with Crippen molar-refractivity contribution in [3.8, 4) is 11.3 Å². The van der Waals surface area contributed by atoms with Gasteiger partial charge in [-0.05, 0) is 39.0 Å². The molecular formula is C24H23FN4O3S. The van der Waals surface area contributed by atoms with E-state index in [0.29, 0.717) is 5.69 Å². The number of aromatic nitrogens is 2. The van der Waals surface area contributed by atoms with Crippen LogP contribution in [0.2, 0.25) is 0 Å². The molecule has 2 aromatic carbocycles. The molecular weight excluding hydrogens is 443 g/mol. The molecule has 7 nitrogen and oxygen atoms in total. The second-order valence-corrected chi connectivity index (χ2v) is 9.25. The van der Waals surface area contributed by atoms with Crippen LogP contribution in [0.3, 0.4) is 0 Å². The summed E-state index contributed by atoms with van der Waals surface area (Å²) in [7, 11) is 0. The van der Waals surface area contributed by atoms with Gasteiger partial charge >= 0.3 is 6.09 Å². The lowest BCUT2D eigenvalue weighted by Crippen LogP contribution is -2.27. The van der Waals surface area contributed by atoms with Gasteiger partial charge in [0.15, 0.2) is 4.96 Å². The van der Waals surface area contributed by atoms with Crippen molar-refractivity contribution >= 4 is 39.7 Å². The van der Waals surface area contributed by atoms with Crippen LogP contribution in [0, 0.1) is 5.82 Å². The largest absolute Gasteiger partial charge is 0.444 e. The quantitative estimate of drug-likeness (QED) is 0.393. The summed E-state index contributed by atoms with van der Waals surface area (Å²) >= 11 is 1.45. The summed E-state index contributed by atoms with van der Waals surface area (Å²) in [4.78, 5) is 30.0. The van der Waals surface area contributed by atoms with Crippen molar-refractivity contribution in [1.82, 2.24) is 9.38 Å². The van der Waals surface area contributed by atoms with Gasteiger partial charge < -0.3 is 10.1 Å². The van der Waals surface area contributed by atoms with Crippen LogP contribution < -0.4 is 10.6 Å². The van der Waals surface area contributed by atoms with Crippen LogP contribution in [-0.4, -0.2) is 27.0 Å². The number of imidazole rings is 1. The van der Waals surface area contributed by atoms with E-state index in [1.165, 1.54) is 29.5 Å². The average molecular weight is 467 g/mol. The Morgan fingerprint density at radius 1 is 1.12 bits per heavy atom. The SMILES string of the molecule is CC(C)(C)OC(=O)Nc1cc(NC(=O)Cc2csc3nc(-c4ccccc4)cn23)ccc1F. The Morgan fingerprint density at radius 2 is 1.88 bits per heavy atom. The second-order valence-electron chi connectivity index (χ2n) is 8.42. The van der Waals surface area contributed by atoms with Gasteiger partial charge in [0.05, 0.1) is 17.8 Å². The van der Waals surface area contributed by atoms with Crippen molar-refractivity contribution in [2.45, 2.75) is 32.8 Å². The fourth-order valence-corrected chi connectivity index (χ4v) is 4.06. The van der Waals surface area contributed by atoms with E-state index in [1.54, 1.807) is 20.8 Å². The molecule has 33 heavy (non-hydrogen) atoms. The molecule has 2 N–H and O–H groups in total. The predicted molar refractivity (Wildman–Crippen MR) is 127 cm³/mol. The van der Waals surface area contributed by atoms with Crippen molar-refractivity contribution in [3.05, 3.63) is 71.6 Å². The minimum Gasteiger partial charge on any atom is -0.444 e. The van der Waals surface area contributed by atoms with Gasteiger partial charge in [-0.2, -0.15) is 0 Å². The molecule has 170 valence electrons. The number of amides is 2. The first-order valence-corrected chi connectivity index (χ1v) is 11.2. The molecule has 0 radical (unpaired) electrons. The zero-order valence-electron chi connectivity index (χ0n) is 18.4. The number of hydrogen-bond acceptors (Lipinski definition) is 5. The third kappa shape index (κ3) is 5.56. The summed E-state index contributed by atoms with van der Waals surface area (Å²) < 4.78 is 21.2. The molecule has 2 amide bonds. The van der Waals surface area contributed by atoms with Crippen molar-refractivity contribution in [3.63, 3.8) is 0 Å². The van der Waals surface area contributed by atoms with E-state index in [9.17, 15) is 14.0 Å². The molecule has 4 rings (SSSR count). The molecule has 0 saturated heterocycles. The minimum atomic E-state index is -0.778. The molecule has 0 atom stereocenters. The van der Waals surface area contributed by atoms with Crippen LogP contribution in [0.5, 0.6) is 0 Å². The van der Waals surface area contributed by atoms with Crippen molar-refractivity contribution in [2.24, 2.45) is 0 Å². The number of anilines is 2. The van der Waals surface area contributed by atoms with Crippen LogP contribution in [0.25, 0.3) is 16.2 Å². The first-order chi connectivity index (χ1) is 15.7. The van der Waals surface area contributed by atoms with Gasteiger partial charge in [-0.25, -0.2) is 14.2 Å². The van der Waals surface area contributed by atoms with Crippen molar-refractivity contribution in [2.75, 3.05) is 10.6 Å². The molecule has 2 aromatic heterocycles. The zero-order valence-corrected chi connectivity index (χ0v) is 19.2. The van der Waals surface area contributed by atoms with E-state index in [2.05, 4.69) is 15.6 Å². The number of thiazole rings is 1. The zero-order chi connectivity index (χ0) is 23.6. The lowest BCUT2D eigenvalue weighted by atomic mass is 10.2. The highest BCUT2D eigenvalue weighted by Crippen LogP contribution is 2.25. The third-order valence-corrected chi connectivity index (χ3v) is 5.47. The third-order valence-electron chi connectivity index (χ3n) is 4.58. The second kappa shape index (κ2) is 9.03. The van der Waals surface area contributed by atoms with Crippen LogP contribution in [0.1, 0.15) is 26.5 Å². The number of rotatable bonds is 5. The Kier molecular flexibility index (Phi) is 6.15. The van der Waals surface area contributed by atoms with Gasteiger partial charge in [0.2, 0.25) is 5.91 Å². The molecule has 0 fully saturated rings. The highest BCUT2D eigenvalue weighted by atomic mass is 32.1. The number of benzene rings is 2. The number of hydrogen-bond donors (Lipinski definition) is 2. The van der Waals surface area contributed by atoms with Crippen LogP contribution in [-0.2, 0) is 16.0 Å². The number of ether oxygens (including phenoxy) is 1. The monoisotopic (exact) mass is 466 g/mol. The minimum absolute atomic E-state index is 0.0814. The summed E-state index contributed by atoms with van der Waals surface area (Å²) in [5.41, 5.74) is 2.18. The predicted octanol–water partition coefficient (Wildman–Crippen LogP) is 5.73. The summed E-state index contributed by atoms with van der Waals surface area (Å²) in [5, 5.41) is 7.00. The molecule has 4 aromatic rings. The van der Waals surface area contributed by atoms with E-state index in [0.717, 1.165) is 21.9 Å². The van der Waals surface area contributed by atoms with E-state index < -0.39 is 17.5 Å². The fraction of sp³-hybridized carbons (Fsp3) is 0.208. The lowest BCUT2D eigenvalue weighted by molar-refractivity contribution is -0.115. The first kappa shape index (κ1) is 22.5. The van der Waals surface area contributed by atoms with Crippen molar-refractivity contribution in [1.29, 1.82) is 0 Å². The Morgan fingerprint density at radius 3 is 2.61 bits per heavy atom. The van der Waals surface area contributed by atoms with Gasteiger partial charge in [0, 0.05) is 28.5 Å². The van der Waals surface area contributed by atoms with Crippen LogP contribution in [0.4, 0.5) is 20.6 Å². The van der Waals surface area contributed by atoms with Gasteiger partial charge in [-0.1, -0.05) is 30.3 Å². The van der Waals surface area contributed by atoms with Crippen molar-refractivity contribution < 1.29 is 18.7 Å². The van der Waals surface area contributed by atoms with Gasteiger partial charge in [0.25, 0.3) is 0 Å². The number of nitrogens with one attached hydrogen (secondary N) is 2. The number of fused-ring (bicyclic) bond motifs is 1. The van der Waals surface area contributed by atoms with Crippen LogP contribution >= 0.6 is 11.3 Å². The smallest absolute Gasteiger partial charge is 0.412 e. The molecule has 0 bridgehead atoms. The Labute approximate surface area is 194 Å². The van der Waals surface area contributed by atoms with E-state index >= 15 is 0 Å². The number of halogens is 1. The van der Waals surface area contributed by atoms with E-state index in [1.807, 2.05) is 46.3 Å². The maximum absolute atomic E-state index is 14.1. The Hall–Kier alpha value is -3.72. The molecule has 0 unspecified atom stereocenters.